The summed E-state index contributed by atoms with van der Waals surface area (Å²) in [6.07, 6.45) is 1.89. The molecule has 308 valence electrons. The van der Waals surface area contributed by atoms with Crippen molar-refractivity contribution in [3.63, 3.8) is 0 Å². The first-order valence-electron chi connectivity index (χ1n) is 20.7. The molecule has 0 saturated carbocycles. The van der Waals surface area contributed by atoms with Crippen LogP contribution in [0.3, 0.4) is 0 Å². The summed E-state index contributed by atoms with van der Waals surface area (Å²) in [7, 11) is 0. The molecule has 0 aliphatic heterocycles. The second kappa shape index (κ2) is 22.1. The van der Waals surface area contributed by atoms with Crippen LogP contribution in [-0.4, -0.2) is 4.98 Å². The predicted octanol–water partition coefficient (Wildman–Crippen LogP) is 15.4. The molecule has 0 spiro atoms. The SMILES string of the molecule is [C-]#[O+].[C-]#[O+].[Ir+3].[c-]1cccc(-c2ccccc2-c2cc(-c3ccccc3-c3c[c-]ccc3)cc(-c3ccccc3-c3c[c-]c(-c4cc(-c5ccc(-c6ccccc6)cc5)ccn4)cc3)c2)c1. The Hall–Kier alpha value is -7.74. The van der Waals surface area contributed by atoms with Gasteiger partial charge in [-0.05, 0) is 85.6 Å². The van der Waals surface area contributed by atoms with Crippen molar-refractivity contribution in [2.24, 2.45) is 0 Å². The van der Waals surface area contributed by atoms with E-state index in [-0.39, 0.29) is 20.1 Å². The van der Waals surface area contributed by atoms with E-state index in [2.05, 4.69) is 238 Å². The number of benzene rings is 9. The maximum absolute atomic E-state index is 7.50. The monoisotopic (exact) mass is 1010 g/mol. The van der Waals surface area contributed by atoms with Crippen molar-refractivity contribution in [1.29, 1.82) is 0 Å². The molecule has 0 aliphatic rings. The zero-order chi connectivity index (χ0) is 44.1. The molecule has 1 heterocycles. The van der Waals surface area contributed by atoms with Crippen LogP contribution < -0.4 is 0 Å². The maximum atomic E-state index is 7.50. The molecule has 0 radical (unpaired) electrons. The van der Waals surface area contributed by atoms with Gasteiger partial charge in [-0.25, -0.2) is 0 Å². The van der Waals surface area contributed by atoms with Gasteiger partial charge in [0.15, 0.2) is 0 Å². The summed E-state index contributed by atoms with van der Waals surface area (Å²) in [5, 5.41) is 0. The zero-order valence-corrected chi connectivity index (χ0v) is 37.4. The van der Waals surface area contributed by atoms with E-state index in [0.717, 1.165) is 66.9 Å². The van der Waals surface area contributed by atoms with Crippen molar-refractivity contribution in [2.45, 2.75) is 0 Å². The van der Waals surface area contributed by atoms with Gasteiger partial charge in [-0.2, -0.15) is 60.7 Å². The van der Waals surface area contributed by atoms with Crippen LogP contribution in [0.4, 0.5) is 0 Å². The summed E-state index contributed by atoms with van der Waals surface area (Å²) in [5.41, 5.74) is 20.3. The van der Waals surface area contributed by atoms with Crippen molar-refractivity contribution in [3.05, 3.63) is 262 Å². The van der Waals surface area contributed by atoms with Gasteiger partial charge in [-0.1, -0.05) is 156 Å². The predicted molar refractivity (Wildman–Crippen MR) is 258 cm³/mol. The third-order valence-corrected chi connectivity index (χ3v) is 11.2. The zero-order valence-electron chi connectivity index (χ0n) is 35.0. The first kappa shape index (κ1) is 45.3. The van der Waals surface area contributed by atoms with Crippen LogP contribution in [0.1, 0.15) is 0 Å². The van der Waals surface area contributed by atoms with Gasteiger partial charge in [0, 0.05) is 6.20 Å². The van der Waals surface area contributed by atoms with Crippen molar-refractivity contribution in [3.8, 4) is 100 Å². The third-order valence-electron chi connectivity index (χ3n) is 11.2. The molecule has 9 aromatic carbocycles. The molecule has 10 aromatic rings. The van der Waals surface area contributed by atoms with Gasteiger partial charge in [-0.3, -0.25) is 0 Å². The maximum Gasteiger partial charge on any atom is 3.00 e. The molecule has 4 heteroatoms. The Balaban J connectivity index is 0.00000123. The van der Waals surface area contributed by atoms with E-state index >= 15 is 0 Å². The first-order chi connectivity index (χ1) is 31.7. The Kier molecular flexibility index (Phi) is 15.4. The molecule has 0 unspecified atom stereocenters. The number of rotatable bonds is 9. The number of hydrogen-bond acceptors (Lipinski definition) is 1. The Morgan fingerprint density at radius 3 is 1.11 bits per heavy atom. The van der Waals surface area contributed by atoms with Crippen LogP contribution >= 0.6 is 0 Å². The topological polar surface area (TPSA) is 52.7 Å². The molecular formula is C61H38IrNO2. The number of hydrogen-bond donors (Lipinski definition) is 0. The van der Waals surface area contributed by atoms with Gasteiger partial charge in [0.25, 0.3) is 0 Å². The van der Waals surface area contributed by atoms with Gasteiger partial charge in [0.2, 0.25) is 0 Å². The molecule has 3 nitrogen and oxygen atoms in total. The van der Waals surface area contributed by atoms with Gasteiger partial charge < -0.3 is 4.98 Å². The fraction of sp³-hybridized carbons (Fsp3) is 0. The summed E-state index contributed by atoms with van der Waals surface area (Å²) in [4.78, 5) is 4.77. The van der Waals surface area contributed by atoms with Crippen LogP contribution in [-0.2, 0) is 29.4 Å². The summed E-state index contributed by atoms with van der Waals surface area (Å²) in [6.45, 7) is 9.00. The summed E-state index contributed by atoms with van der Waals surface area (Å²) in [5.74, 6) is 0. The van der Waals surface area contributed by atoms with Crippen LogP contribution in [0, 0.1) is 31.5 Å². The molecule has 65 heavy (non-hydrogen) atoms. The van der Waals surface area contributed by atoms with Gasteiger partial charge >= 0.3 is 42.7 Å². The van der Waals surface area contributed by atoms with Crippen LogP contribution in [0.5, 0.6) is 0 Å². The fourth-order valence-electron chi connectivity index (χ4n) is 8.17. The van der Waals surface area contributed by atoms with Gasteiger partial charge in [-0.15, -0.1) is 41.0 Å². The minimum Gasteiger partial charge on any atom is -0.305 e. The molecule has 0 fully saturated rings. The minimum atomic E-state index is 0. The third kappa shape index (κ3) is 10.2. The van der Waals surface area contributed by atoms with Crippen LogP contribution in [0.25, 0.3) is 100 Å². The number of aromatic nitrogens is 1. The largest absolute Gasteiger partial charge is 3.00 e. The van der Waals surface area contributed by atoms with Crippen LogP contribution in [0.2, 0.25) is 0 Å². The van der Waals surface area contributed by atoms with E-state index in [1.807, 2.05) is 24.4 Å². The van der Waals surface area contributed by atoms with E-state index in [4.69, 9.17) is 14.3 Å². The standard InChI is InChI=1S/C59H38N.2CO.Ir/c1-4-16-42(17-5-1)43-28-30-44(31-29-43)49-36-37-60-59(41-49)48-34-32-47(33-35-48)55-24-12-15-27-58(55)52-39-50(56-25-13-10-22-53(56)45-18-6-2-7-19-45)38-51(40-52)57-26-14-11-23-54(57)46-20-8-3-9-21-46;2*1-2;/h1-6,8,10-34,36-41H;;;/q-3;;;+3. The molecule has 0 bridgehead atoms. The van der Waals surface area contributed by atoms with E-state index in [1.165, 1.54) is 33.4 Å². The van der Waals surface area contributed by atoms with E-state index in [0.29, 0.717) is 0 Å². The summed E-state index contributed by atoms with van der Waals surface area (Å²) >= 11 is 0. The summed E-state index contributed by atoms with van der Waals surface area (Å²) in [6, 6.07) is 89.5. The Labute approximate surface area is 394 Å². The molecule has 10 rings (SSSR count). The second-order valence-electron chi connectivity index (χ2n) is 14.9. The normalized spacial score (nSPS) is 10.2. The molecule has 0 saturated heterocycles. The number of nitrogens with zero attached hydrogens (tertiary/aromatic N) is 1. The van der Waals surface area contributed by atoms with E-state index < -0.39 is 0 Å². The Morgan fingerprint density at radius 2 is 0.692 bits per heavy atom. The van der Waals surface area contributed by atoms with Crippen molar-refractivity contribution in [1.82, 2.24) is 4.98 Å². The minimum absolute atomic E-state index is 0. The molecule has 0 amide bonds. The average molecular weight is 1010 g/mol. The van der Waals surface area contributed by atoms with Crippen molar-refractivity contribution >= 4 is 0 Å². The number of pyridine rings is 1. The van der Waals surface area contributed by atoms with E-state index in [1.54, 1.807) is 0 Å². The van der Waals surface area contributed by atoms with Crippen molar-refractivity contribution in [2.75, 3.05) is 0 Å². The Morgan fingerprint density at radius 1 is 0.323 bits per heavy atom. The van der Waals surface area contributed by atoms with Crippen molar-refractivity contribution < 1.29 is 29.4 Å². The second-order valence-corrected chi connectivity index (χ2v) is 14.9. The summed E-state index contributed by atoms with van der Waals surface area (Å²) < 4.78 is 15.0. The molecule has 0 aliphatic carbocycles. The average Bonchev–Trinajstić information content (AvgIpc) is 3.40. The smallest absolute Gasteiger partial charge is 0.305 e. The molecule has 0 N–H and O–H groups in total. The molecule has 0 atom stereocenters. The molecular weight excluding hydrogens is 971 g/mol. The molecule has 1 aromatic heterocycles. The Bertz CT molecular complexity index is 3050. The van der Waals surface area contributed by atoms with Gasteiger partial charge in [0.1, 0.15) is 0 Å². The quantitative estimate of drug-likeness (QED) is 0.105. The fourth-order valence-corrected chi connectivity index (χ4v) is 8.17. The van der Waals surface area contributed by atoms with Gasteiger partial charge in [0.05, 0.1) is 0 Å². The van der Waals surface area contributed by atoms with E-state index in [9.17, 15) is 0 Å². The first-order valence-corrected chi connectivity index (χ1v) is 20.7. The van der Waals surface area contributed by atoms with Crippen LogP contribution in [0.15, 0.2) is 231 Å².